The Bertz CT molecular complexity index is 1630. The Morgan fingerprint density at radius 1 is 0.944 bits per heavy atom. The van der Waals surface area contributed by atoms with Crippen LogP contribution in [0.4, 0.5) is 10.3 Å². The maximum absolute atomic E-state index is 13.5. The molecule has 0 spiro atoms. The summed E-state index contributed by atoms with van der Waals surface area (Å²) in [7, 11) is 1.62. The number of hydrogen-bond donors (Lipinski definition) is 1. The number of ether oxygens (including phenoxy) is 1. The first-order valence-electron chi connectivity index (χ1n) is 11.0. The molecule has 3 aromatic carbocycles. The fourth-order valence-electron chi connectivity index (χ4n) is 3.70. The summed E-state index contributed by atoms with van der Waals surface area (Å²) in [6, 6.07) is 25.0. The third kappa shape index (κ3) is 4.12. The SMILES string of the molecule is COc1ccc2sc(N/N=C3\C(=O)N(c4nc(-c5ccccc5)cs4)N=C3c3ccccc3)nc2c1. The molecule has 1 N–H and O–H groups in total. The molecule has 36 heavy (non-hydrogen) atoms. The topological polar surface area (TPSA) is 92.1 Å². The molecule has 1 aliphatic heterocycles. The number of carbonyl (C=O) groups excluding carboxylic acids is 1. The van der Waals surface area contributed by atoms with Crippen LogP contribution in [-0.4, -0.2) is 34.4 Å². The number of nitrogens with one attached hydrogen (secondary N) is 1. The van der Waals surface area contributed by atoms with Crippen LogP contribution in [0.2, 0.25) is 0 Å². The molecule has 8 nitrogen and oxygen atoms in total. The van der Waals surface area contributed by atoms with Gasteiger partial charge in [0, 0.05) is 22.6 Å². The summed E-state index contributed by atoms with van der Waals surface area (Å²) >= 11 is 2.79. The van der Waals surface area contributed by atoms with Crippen molar-refractivity contribution < 1.29 is 9.53 Å². The van der Waals surface area contributed by atoms with Gasteiger partial charge < -0.3 is 4.74 Å². The van der Waals surface area contributed by atoms with Gasteiger partial charge in [0.15, 0.2) is 5.71 Å². The number of hydrazone groups is 2. The first kappa shape index (κ1) is 22.1. The monoisotopic (exact) mass is 510 g/mol. The lowest BCUT2D eigenvalue weighted by molar-refractivity contribution is -0.112. The predicted molar refractivity (Wildman–Crippen MR) is 145 cm³/mol. The lowest BCUT2D eigenvalue weighted by atomic mass is 10.1. The first-order valence-corrected chi connectivity index (χ1v) is 12.7. The zero-order valence-electron chi connectivity index (χ0n) is 19.0. The highest BCUT2D eigenvalue weighted by atomic mass is 32.1. The molecule has 0 fully saturated rings. The molecule has 0 saturated carbocycles. The van der Waals surface area contributed by atoms with Gasteiger partial charge in [-0.25, -0.2) is 9.97 Å². The molecule has 0 unspecified atom stereocenters. The number of rotatable bonds is 6. The van der Waals surface area contributed by atoms with Crippen LogP contribution in [0.1, 0.15) is 5.56 Å². The van der Waals surface area contributed by atoms with E-state index in [-0.39, 0.29) is 11.6 Å². The number of nitrogens with zero attached hydrogens (tertiary/aromatic N) is 5. The lowest BCUT2D eigenvalue weighted by Crippen LogP contribution is -2.28. The van der Waals surface area contributed by atoms with Crippen LogP contribution in [-0.2, 0) is 4.79 Å². The number of carbonyl (C=O) groups is 1. The largest absolute Gasteiger partial charge is 0.497 e. The van der Waals surface area contributed by atoms with E-state index >= 15 is 0 Å². The van der Waals surface area contributed by atoms with Crippen LogP contribution in [0.5, 0.6) is 5.75 Å². The highest BCUT2D eigenvalue weighted by Crippen LogP contribution is 2.31. The summed E-state index contributed by atoms with van der Waals surface area (Å²) in [6.45, 7) is 0. The van der Waals surface area contributed by atoms with Crippen LogP contribution < -0.4 is 15.2 Å². The van der Waals surface area contributed by atoms with Crippen molar-refractivity contribution in [2.24, 2.45) is 10.2 Å². The summed E-state index contributed by atoms with van der Waals surface area (Å²) in [4.78, 5) is 22.7. The third-order valence-corrected chi connectivity index (χ3v) is 7.22. The van der Waals surface area contributed by atoms with E-state index in [0.717, 1.165) is 32.8 Å². The van der Waals surface area contributed by atoms with Gasteiger partial charge in [-0.05, 0) is 12.1 Å². The van der Waals surface area contributed by atoms with Crippen molar-refractivity contribution in [1.29, 1.82) is 0 Å². The molecule has 1 amide bonds. The molecule has 0 atom stereocenters. The number of amides is 1. The second kappa shape index (κ2) is 9.33. The molecule has 0 radical (unpaired) electrons. The fourth-order valence-corrected chi connectivity index (χ4v) is 5.27. The van der Waals surface area contributed by atoms with Gasteiger partial charge in [0.05, 0.1) is 23.0 Å². The van der Waals surface area contributed by atoms with Crippen LogP contribution >= 0.6 is 22.7 Å². The summed E-state index contributed by atoms with van der Waals surface area (Å²) in [5.41, 5.74) is 6.94. The van der Waals surface area contributed by atoms with Crippen LogP contribution in [0.3, 0.4) is 0 Å². The number of hydrogen-bond acceptors (Lipinski definition) is 9. The van der Waals surface area contributed by atoms with Crippen molar-refractivity contribution in [3.8, 4) is 17.0 Å². The number of fused-ring (bicyclic) bond motifs is 1. The van der Waals surface area contributed by atoms with E-state index < -0.39 is 0 Å². The molecular formula is C26H18N6O2S2. The molecule has 3 heterocycles. The molecule has 176 valence electrons. The Morgan fingerprint density at radius 2 is 1.69 bits per heavy atom. The molecule has 2 aromatic heterocycles. The minimum Gasteiger partial charge on any atom is -0.497 e. The molecule has 1 aliphatic rings. The minimum absolute atomic E-state index is 0.189. The second-order valence-corrected chi connectivity index (χ2v) is 9.61. The Kier molecular flexibility index (Phi) is 5.72. The number of benzene rings is 3. The molecule has 0 aliphatic carbocycles. The summed E-state index contributed by atoms with van der Waals surface area (Å²) in [6.07, 6.45) is 0. The normalized spacial score (nSPS) is 14.5. The van der Waals surface area contributed by atoms with E-state index in [1.165, 1.54) is 27.7 Å². The average Bonchev–Trinajstić information content (AvgIpc) is 3.65. The second-order valence-electron chi connectivity index (χ2n) is 7.74. The van der Waals surface area contributed by atoms with Crippen molar-refractivity contribution >= 4 is 60.5 Å². The first-order chi connectivity index (χ1) is 17.7. The van der Waals surface area contributed by atoms with Gasteiger partial charge in [0.1, 0.15) is 11.5 Å². The van der Waals surface area contributed by atoms with E-state index in [1.807, 2.05) is 84.2 Å². The zero-order chi connectivity index (χ0) is 24.5. The van der Waals surface area contributed by atoms with E-state index in [9.17, 15) is 4.79 Å². The van der Waals surface area contributed by atoms with Crippen molar-refractivity contribution in [1.82, 2.24) is 9.97 Å². The van der Waals surface area contributed by atoms with Gasteiger partial charge in [-0.1, -0.05) is 72.0 Å². The van der Waals surface area contributed by atoms with Gasteiger partial charge in [0.2, 0.25) is 10.3 Å². The smallest absolute Gasteiger partial charge is 0.303 e. The summed E-state index contributed by atoms with van der Waals surface area (Å²) in [5, 5.41) is 13.3. The number of anilines is 2. The Morgan fingerprint density at radius 3 is 2.44 bits per heavy atom. The molecular weight excluding hydrogens is 492 g/mol. The van der Waals surface area contributed by atoms with E-state index in [0.29, 0.717) is 16.0 Å². The highest BCUT2D eigenvalue weighted by Gasteiger charge is 2.35. The van der Waals surface area contributed by atoms with Gasteiger partial charge >= 0.3 is 5.91 Å². The van der Waals surface area contributed by atoms with Crippen LogP contribution in [0, 0.1) is 0 Å². The fraction of sp³-hybridized carbons (Fsp3) is 0.0385. The van der Waals surface area contributed by atoms with Crippen molar-refractivity contribution in [2.75, 3.05) is 17.5 Å². The lowest BCUT2D eigenvalue weighted by Gasteiger charge is -2.06. The summed E-state index contributed by atoms with van der Waals surface area (Å²) in [5.74, 6) is 0.363. The number of thiazole rings is 2. The summed E-state index contributed by atoms with van der Waals surface area (Å²) < 4.78 is 6.26. The number of methoxy groups -OCH3 is 1. The molecule has 10 heteroatoms. The van der Waals surface area contributed by atoms with E-state index in [4.69, 9.17) is 4.74 Å². The highest BCUT2D eigenvalue weighted by molar-refractivity contribution is 7.22. The van der Waals surface area contributed by atoms with Crippen molar-refractivity contribution in [3.63, 3.8) is 0 Å². The molecule has 5 aromatic rings. The Hall–Kier alpha value is -4.41. The Labute approximate surface area is 214 Å². The van der Waals surface area contributed by atoms with E-state index in [2.05, 4.69) is 25.6 Å². The molecule has 6 rings (SSSR count). The van der Waals surface area contributed by atoms with Gasteiger partial charge in [-0.15, -0.1) is 11.3 Å². The van der Waals surface area contributed by atoms with Crippen molar-refractivity contribution in [2.45, 2.75) is 0 Å². The van der Waals surface area contributed by atoms with Gasteiger partial charge in [-0.3, -0.25) is 10.2 Å². The maximum Gasteiger partial charge on any atom is 0.303 e. The zero-order valence-corrected chi connectivity index (χ0v) is 20.6. The van der Waals surface area contributed by atoms with Crippen LogP contribution in [0.25, 0.3) is 21.5 Å². The number of aromatic nitrogens is 2. The van der Waals surface area contributed by atoms with Gasteiger partial charge in [-0.2, -0.15) is 15.2 Å². The third-order valence-electron chi connectivity index (χ3n) is 5.47. The van der Waals surface area contributed by atoms with E-state index in [1.54, 1.807) is 7.11 Å². The van der Waals surface area contributed by atoms with Gasteiger partial charge in [0.25, 0.3) is 0 Å². The molecule has 0 bridgehead atoms. The molecule has 0 saturated heterocycles. The standard InChI is InChI=1S/C26H18N6O2S2/c1-34-18-12-13-21-19(14-18)27-25(36-21)30-29-23-22(17-10-6-3-7-11-17)31-32(24(23)33)26-28-20(15-35-26)16-8-4-2-5-9-16/h2-15H,1H3,(H,27,30)/b29-23-. The minimum atomic E-state index is -0.363. The van der Waals surface area contributed by atoms with Crippen molar-refractivity contribution in [3.05, 3.63) is 89.8 Å². The quantitative estimate of drug-likeness (QED) is 0.298. The van der Waals surface area contributed by atoms with Crippen LogP contribution in [0.15, 0.2) is 94.4 Å². The predicted octanol–water partition coefficient (Wildman–Crippen LogP) is 5.65. The Balaban J connectivity index is 1.34. The maximum atomic E-state index is 13.5. The average molecular weight is 511 g/mol.